The van der Waals surface area contributed by atoms with E-state index in [0.717, 1.165) is 25.4 Å². The molecule has 0 amide bonds. The van der Waals surface area contributed by atoms with Gasteiger partial charge < -0.3 is 15.0 Å². The van der Waals surface area contributed by atoms with Crippen LogP contribution in [0.5, 0.6) is 5.75 Å². The number of thioether (sulfide) groups is 1. The Morgan fingerprint density at radius 3 is 3.06 bits per heavy atom. The average molecular weight is 252 g/mol. The molecule has 1 heterocycles. The molecular formula is C13H20N2OS. The number of methoxy groups -OCH3 is 1. The maximum atomic E-state index is 5.29. The van der Waals surface area contributed by atoms with Gasteiger partial charge in [0, 0.05) is 29.8 Å². The van der Waals surface area contributed by atoms with E-state index < -0.39 is 0 Å². The number of nitrogens with one attached hydrogen (secondary N) is 1. The first kappa shape index (κ1) is 12.6. The topological polar surface area (TPSA) is 24.5 Å². The molecule has 1 aliphatic rings. The molecule has 1 atom stereocenters. The second kappa shape index (κ2) is 5.65. The fourth-order valence-corrected chi connectivity index (χ4v) is 3.29. The van der Waals surface area contributed by atoms with Gasteiger partial charge >= 0.3 is 0 Å². The number of benzene rings is 1. The molecule has 1 unspecified atom stereocenters. The van der Waals surface area contributed by atoms with E-state index in [2.05, 4.69) is 29.3 Å². The van der Waals surface area contributed by atoms with Crippen molar-refractivity contribution < 1.29 is 4.74 Å². The summed E-state index contributed by atoms with van der Waals surface area (Å²) in [5.41, 5.74) is 1.34. The van der Waals surface area contributed by atoms with E-state index in [0.29, 0.717) is 5.25 Å². The van der Waals surface area contributed by atoms with Crippen LogP contribution >= 0.6 is 11.8 Å². The Labute approximate surface area is 108 Å². The van der Waals surface area contributed by atoms with Gasteiger partial charge in [-0.2, -0.15) is 0 Å². The molecule has 0 spiro atoms. The minimum Gasteiger partial charge on any atom is -0.497 e. The molecule has 1 aliphatic heterocycles. The van der Waals surface area contributed by atoms with Gasteiger partial charge in [0.15, 0.2) is 0 Å². The van der Waals surface area contributed by atoms with E-state index in [1.807, 2.05) is 24.9 Å². The maximum Gasteiger partial charge on any atom is 0.120 e. The van der Waals surface area contributed by atoms with Crippen LogP contribution in [0.4, 0.5) is 5.69 Å². The van der Waals surface area contributed by atoms with E-state index in [1.165, 1.54) is 10.6 Å². The Kier molecular flexibility index (Phi) is 4.18. The first-order valence-corrected chi connectivity index (χ1v) is 6.87. The van der Waals surface area contributed by atoms with Crippen LogP contribution in [-0.4, -0.2) is 39.0 Å². The van der Waals surface area contributed by atoms with Crippen molar-refractivity contribution in [2.45, 2.75) is 17.1 Å². The molecule has 0 aliphatic carbocycles. The summed E-state index contributed by atoms with van der Waals surface area (Å²) in [5, 5.41) is 3.84. The Bertz CT molecular complexity index is 384. The third-order valence-electron chi connectivity index (χ3n) is 2.95. The predicted molar refractivity (Wildman–Crippen MR) is 74.5 cm³/mol. The molecular weight excluding hydrogens is 232 g/mol. The molecule has 1 N–H and O–H groups in total. The van der Waals surface area contributed by atoms with E-state index in [4.69, 9.17) is 4.74 Å². The monoisotopic (exact) mass is 252 g/mol. The Morgan fingerprint density at radius 2 is 2.35 bits per heavy atom. The largest absolute Gasteiger partial charge is 0.497 e. The van der Waals surface area contributed by atoms with Crippen molar-refractivity contribution in [3.8, 4) is 5.75 Å². The Morgan fingerprint density at radius 1 is 1.53 bits per heavy atom. The summed E-state index contributed by atoms with van der Waals surface area (Å²) < 4.78 is 5.29. The lowest BCUT2D eigenvalue weighted by molar-refractivity contribution is 0.413. The fourth-order valence-electron chi connectivity index (χ4n) is 2.10. The number of fused-ring (bicyclic) bond motifs is 1. The van der Waals surface area contributed by atoms with Crippen LogP contribution in [0.3, 0.4) is 0 Å². The molecule has 0 radical (unpaired) electrons. The van der Waals surface area contributed by atoms with Gasteiger partial charge in [-0.3, -0.25) is 0 Å². The van der Waals surface area contributed by atoms with Gasteiger partial charge in [0.25, 0.3) is 0 Å². The minimum atomic E-state index is 0.631. The molecule has 3 nitrogen and oxygen atoms in total. The van der Waals surface area contributed by atoms with Crippen LogP contribution in [0, 0.1) is 0 Å². The Hall–Kier alpha value is -0.870. The van der Waals surface area contributed by atoms with Gasteiger partial charge in [-0.1, -0.05) is 6.92 Å². The summed E-state index contributed by atoms with van der Waals surface area (Å²) in [4.78, 5) is 3.78. The summed E-state index contributed by atoms with van der Waals surface area (Å²) in [6.45, 7) is 5.47. The second-order valence-electron chi connectivity index (χ2n) is 4.31. The van der Waals surface area contributed by atoms with Crippen molar-refractivity contribution in [2.24, 2.45) is 0 Å². The Balaban J connectivity index is 2.23. The fraction of sp³-hybridized carbons (Fsp3) is 0.538. The van der Waals surface area contributed by atoms with Crippen molar-refractivity contribution in [1.82, 2.24) is 5.32 Å². The molecule has 1 aromatic rings. The normalized spacial score (nSPS) is 19.0. The lowest BCUT2D eigenvalue weighted by atomic mass is 10.2. The highest BCUT2D eigenvalue weighted by Gasteiger charge is 2.22. The number of hydrogen-bond acceptors (Lipinski definition) is 4. The molecule has 4 heteroatoms. The molecule has 0 fully saturated rings. The minimum absolute atomic E-state index is 0.631. The lowest BCUT2D eigenvalue weighted by Crippen LogP contribution is -2.37. The number of hydrogen-bond donors (Lipinski definition) is 1. The van der Waals surface area contributed by atoms with Gasteiger partial charge in [0.2, 0.25) is 0 Å². The molecule has 2 rings (SSSR count). The summed E-state index contributed by atoms with van der Waals surface area (Å²) in [6, 6.07) is 6.35. The van der Waals surface area contributed by atoms with Crippen LogP contribution in [0.15, 0.2) is 23.1 Å². The molecule has 94 valence electrons. The van der Waals surface area contributed by atoms with E-state index in [1.54, 1.807) is 7.11 Å². The second-order valence-corrected chi connectivity index (χ2v) is 5.79. The van der Waals surface area contributed by atoms with Crippen molar-refractivity contribution in [3.63, 3.8) is 0 Å². The van der Waals surface area contributed by atoms with E-state index >= 15 is 0 Å². The highest BCUT2D eigenvalue weighted by atomic mass is 32.2. The quantitative estimate of drug-likeness (QED) is 0.888. The van der Waals surface area contributed by atoms with Gasteiger partial charge in [-0.25, -0.2) is 0 Å². The smallest absolute Gasteiger partial charge is 0.120 e. The summed E-state index contributed by atoms with van der Waals surface area (Å²) in [7, 11) is 3.72. The number of likely N-dealkylation sites (N-methyl/N-ethyl adjacent to an activating group) is 1. The standard InChI is InChI=1S/C13H20N2OS/c1-10-9-15(7-6-14-2)12-5-4-11(16-3)8-13(12)17-10/h4-5,8,10,14H,6-7,9H2,1-3H3. The third-order valence-corrected chi connectivity index (χ3v) is 4.08. The van der Waals surface area contributed by atoms with Gasteiger partial charge in [-0.15, -0.1) is 11.8 Å². The van der Waals surface area contributed by atoms with Gasteiger partial charge in [-0.05, 0) is 25.2 Å². The van der Waals surface area contributed by atoms with Gasteiger partial charge in [0.05, 0.1) is 12.8 Å². The van der Waals surface area contributed by atoms with E-state index in [9.17, 15) is 0 Å². The van der Waals surface area contributed by atoms with Crippen molar-refractivity contribution in [1.29, 1.82) is 0 Å². The predicted octanol–water partition coefficient (Wildman–Crippen LogP) is 2.22. The van der Waals surface area contributed by atoms with Crippen molar-refractivity contribution in [2.75, 3.05) is 38.7 Å². The number of rotatable bonds is 4. The maximum absolute atomic E-state index is 5.29. The average Bonchev–Trinajstić information content (AvgIpc) is 2.34. The third kappa shape index (κ3) is 2.87. The zero-order valence-corrected chi connectivity index (χ0v) is 11.5. The first-order chi connectivity index (χ1) is 8.24. The molecule has 0 saturated carbocycles. The molecule has 0 aromatic heterocycles. The molecule has 0 saturated heterocycles. The molecule has 1 aromatic carbocycles. The van der Waals surface area contributed by atoms with Crippen molar-refractivity contribution >= 4 is 17.4 Å². The number of anilines is 1. The van der Waals surface area contributed by atoms with Gasteiger partial charge in [0.1, 0.15) is 5.75 Å². The van der Waals surface area contributed by atoms with E-state index in [-0.39, 0.29) is 0 Å². The van der Waals surface area contributed by atoms with Crippen LogP contribution in [0.25, 0.3) is 0 Å². The summed E-state index contributed by atoms with van der Waals surface area (Å²) in [6.07, 6.45) is 0. The SMILES string of the molecule is CNCCN1CC(C)Sc2cc(OC)ccc21. The highest BCUT2D eigenvalue weighted by molar-refractivity contribution is 8.00. The van der Waals surface area contributed by atoms with Crippen LogP contribution in [-0.2, 0) is 0 Å². The van der Waals surface area contributed by atoms with Crippen LogP contribution in [0.2, 0.25) is 0 Å². The highest BCUT2D eigenvalue weighted by Crippen LogP contribution is 2.40. The first-order valence-electron chi connectivity index (χ1n) is 5.99. The zero-order chi connectivity index (χ0) is 12.3. The summed E-state index contributed by atoms with van der Waals surface area (Å²) >= 11 is 1.94. The number of ether oxygens (including phenoxy) is 1. The number of nitrogens with zero attached hydrogens (tertiary/aromatic N) is 1. The van der Waals surface area contributed by atoms with Crippen LogP contribution in [0.1, 0.15) is 6.92 Å². The van der Waals surface area contributed by atoms with Crippen LogP contribution < -0.4 is 15.0 Å². The van der Waals surface area contributed by atoms with Crippen molar-refractivity contribution in [3.05, 3.63) is 18.2 Å². The lowest BCUT2D eigenvalue weighted by Gasteiger charge is -2.34. The zero-order valence-electron chi connectivity index (χ0n) is 10.7. The molecule has 0 bridgehead atoms. The summed E-state index contributed by atoms with van der Waals surface area (Å²) in [5.74, 6) is 0.943. The molecule has 17 heavy (non-hydrogen) atoms.